The van der Waals surface area contributed by atoms with Crippen molar-refractivity contribution >= 4 is 0 Å². The minimum atomic E-state index is 0.918. The van der Waals surface area contributed by atoms with Crippen LogP contribution in [0.1, 0.15) is 25.1 Å². The second-order valence-corrected chi connectivity index (χ2v) is 4.12. The van der Waals surface area contributed by atoms with Crippen LogP contribution in [0.3, 0.4) is 0 Å². The monoisotopic (exact) mass is 224 g/mol. The first kappa shape index (κ1) is 13.2. The van der Waals surface area contributed by atoms with Gasteiger partial charge in [0.1, 0.15) is 0 Å². The standard InChI is InChI=1S/C12H24N4/c1-5-16(6-2)8-7-13-9-12-10-15(4)14-11(12)3/h10,13H,5-9H2,1-4H3. The Kier molecular flexibility index (Phi) is 5.49. The number of nitrogens with one attached hydrogen (secondary N) is 1. The van der Waals surface area contributed by atoms with Gasteiger partial charge in [-0.2, -0.15) is 5.10 Å². The normalized spacial score (nSPS) is 11.3. The molecule has 1 heterocycles. The van der Waals surface area contributed by atoms with Gasteiger partial charge in [-0.25, -0.2) is 0 Å². The van der Waals surface area contributed by atoms with Gasteiger partial charge in [-0.3, -0.25) is 4.68 Å². The highest BCUT2D eigenvalue weighted by Crippen LogP contribution is 2.03. The topological polar surface area (TPSA) is 33.1 Å². The number of likely N-dealkylation sites (N-methyl/N-ethyl adjacent to an activating group) is 1. The zero-order chi connectivity index (χ0) is 12.0. The summed E-state index contributed by atoms with van der Waals surface area (Å²) in [6, 6.07) is 0. The van der Waals surface area contributed by atoms with Crippen molar-refractivity contribution in [1.29, 1.82) is 0 Å². The summed E-state index contributed by atoms with van der Waals surface area (Å²) >= 11 is 0. The van der Waals surface area contributed by atoms with Crippen LogP contribution in [0.2, 0.25) is 0 Å². The molecule has 0 aliphatic heterocycles. The van der Waals surface area contributed by atoms with Crippen molar-refractivity contribution in [1.82, 2.24) is 20.0 Å². The van der Waals surface area contributed by atoms with Crippen LogP contribution in [0, 0.1) is 6.92 Å². The molecule has 0 aliphatic carbocycles. The molecule has 4 heteroatoms. The zero-order valence-electron chi connectivity index (χ0n) is 11.0. The van der Waals surface area contributed by atoms with E-state index in [1.54, 1.807) is 0 Å². The third kappa shape index (κ3) is 3.94. The summed E-state index contributed by atoms with van der Waals surface area (Å²) < 4.78 is 1.87. The second-order valence-electron chi connectivity index (χ2n) is 4.12. The summed E-state index contributed by atoms with van der Waals surface area (Å²) in [5.74, 6) is 0. The molecule has 4 nitrogen and oxygen atoms in total. The van der Waals surface area contributed by atoms with E-state index in [9.17, 15) is 0 Å². The molecule has 0 unspecified atom stereocenters. The van der Waals surface area contributed by atoms with E-state index in [1.165, 1.54) is 5.56 Å². The highest BCUT2D eigenvalue weighted by atomic mass is 15.3. The molecule has 1 aromatic rings. The molecule has 0 saturated carbocycles. The molecule has 0 aliphatic rings. The third-order valence-electron chi connectivity index (χ3n) is 2.93. The number of aromatic nitrogens is 2. The van der Waals surface area contributed by atoms with E-state index >= 15 is 0 Å². The summed E-state index contributed by atoms with van der Waals surface area (Å²) in [5.41, 5.74) is 2.42. The molecule has 1 N–H and O–H groups in total. The SMILES string of the molecule is CCN(CC)CCNCc1cn(C)nc1C. The summed E-state index contributed by atoms with van der Waals surface area (Å²) in [5, 5.41) is 7.78. The predicted molar refractivity (Wildman–Crippen MR) is 67.4 cm³/mol. The van der Waals surface area contributed by atoms with Crippen molar-refractivity contribution in [3.05, 3.63) is 17.5 Å². The quantitative estimate of drug-likeness (QED) is 0.706. The lowest BCUT2D eigenvalue weighted by atomic mass is 10.2. The summed E-state index contributed by atoms with van der Waals surface area (Å²) in [6.45, 7) is 11.8. The Hall–Kier alpha value is -0.870. The smallest absolute Gasteiger partial charge is 0.0638 e. The minimum absolute atomic E-state index is 0.918. The first-order chi connectivity index (χ1) is 7.67. The van der Waals surface area contributed by atoms with Crippen LogP contribution in [0.15, 0.2) is 6.20 Å². The molecule has 0 radical (unpaired) electrons. The van der Waals surface area contributed by atoms with Crippen LogP contribution >= 0.6 is 0 Å². The van der Waals surface area contributed by atoms with Gasteiger partial charge in [-0.05, 0) is 20.0 Å². The average Bonchev–Trinajstić information content (AvgIpc) is 2.58. The Labute approximate surface area is 98.6 Å². The van der Waals surface area contributed by atoms with Gasteiger partial charge < -0.3 is 10.2 Å². The molecule has 1 aromatic heterocycles. The number of hydrogen-bond acceptors (Lipinski definition) is 3. The van der Waals surface area contributed by atoms with Gasteiger partial charge in [0.05, 0.1) is 5.69 Å². The Morgan fingerprint density at radius 3 is 2.56 bits per heavy atom. The maximum atomic E-state index is 4.32. The van der Waals surface area contributed by atoms with Crippen LogP contribution in [0.25, 0.3) is 0 Å². The van der Waals surface area contributed by atoms with Gasteiger partial charge in [0, 0.05) is 38.4 Å². The highest BCUT2D eigenvalue weighted by Gasteiger charge is 2.02. The second kappa shape index (κ2) is 6.66. The summed E-state index contributed by atoms with van der Waals surface area (Å²) in [4.78, 5) is 2.42. The number of rotatable bonds is 7. The van der Waals surface area contributed by atoms with E-state index in [-0.39, 0.29) is 0 Å². The van der Waals surface area contributed by atoms with E-state index in [1.807, 2.05) is 11.7 Å². The van der Waals surface area contributed by atoms with Crippen LogP contribution in [0.4, 0.5) is 0 Å². The van der Waals surface area contributed by atoms with E-state index in [4.69, 9.17) is 0 Å². The Morgan fingerprint density at radius 1 is 1.38 bits per heavy atom. The maximum absolute atomic E-state index is 4.32. The molecule has 1 rings (SSSR count). The van der Waals surface area contributed by atoms with Crippen LogP contribution < -0.4 is 5.32 Å². The van der Waals surface area contributed by atoms with Gasteiger partial charge in [0.25, 0.3) is 0 Å². The third-order valence-corrected chi connectivity index (χ3v) is 2.93. The Bertz CT molecular complexity index is 302. The Morgan fingerprint density at radius 2 is 2.06 bits per heavy atom. The van der Waals surface area contributed by atoms with Gasteiger partial charge >= 0.3 is 0 Å². The van der Waals surface area contributed by atoms with Gasteiger partial charge in [0.15, 0.2) is 0 Å². The van der Waals surface area contributed by atoms with Gasteiger partial charge in [0.2, 0.25) is 0 Å². The predicted octanol–water partition coefficient (Wildman–Crippen LogP) is 1.16. The zero-order valence-corrected chi connectivity index (χ0v) is 11.0. The summed E-state index contributed by atoms with van der Waals surface area (Å²) in [7, 11) is 1.96. The van der Waals surface area contributed by atoms with Crippen molar-refractivity contribution in [3.8, 4) is 0 Å². The van der Waals surface area contributed by atoms with Crippen LogP contribution in [-0.4, -0.2) is 40.9 Å². The number of nitrogens with zero attached hydrogens (tertiary/aromatic N) is 3. The molecule has 0 fully saturated rings. The molecule has 0 aromatic carbocycles. The molecule has 0 saturated heterocycles. The van der Waals surface area contributed by atoms with Crippen molar-refractivity contribution in [2.45, 2.75) is 27.3 Å². The summed E-state index contributed by atoms with van der Waals surface area (Å²) in [6.07, 6.45) is 2.08. The van der Waals surface area contributed by atoms with Crippen molar-refractivity contribution < 1.29 is 0 Å². The first-order valence-corrected chi connectivity index (χ1v) is 6.09. The van der Waals surface area contributed by atoms with E-state index in [0.717, 1.165) is 38.4 Å². The molecule has 0 amide bonds. The molecule has 92 valence electrons. The van der Waals surface area contributed by atoms with Gasteiger partial charge in [-0.15, -0.1) is 0 Å². The van der Waals surface area contributed by atoms with Crippen LogP contribution in [-0.2, 0) is 13.6 Å². The maximum Gasteiger partial charge on any atom is 0.0638 e. The molecular formula is C12H24N4. The lowest BCUT2D eigenvalue weighted by molar-refractivity contribution is 0.302. The molecular weight excluding hydrogens is 200 g/mol. The lowest BCUT2D eigenvalue weighted by Crippen LogP contribution is -2.31. The molecule has 16 heavy (non-hydrogen) atoms. The van der Waals surface area contributed by atoms with Gasteiger partial charge in [-0.1, -0.05) is 13.8 Å². The van der Waals surface area contributed by atoms with Crippen molar-refractivity contribution in [2.75, 3.05) is 26.2 Å². The minimum Gasteiger partial charge on any atom is -0.311 e. The largest absolute Gasteiger partial charge is 0.311 e. The van der Waals surface area contributed by atoms with E-state index in [0.29, 0.717) is 0 Å². The fourth-order valence-corrected chi connectivity index (χ4v) is 1.82. The average molecular weight is 224 g/mol. The van der Waals surface area contributed by atoms with Crippen molar-refractivity contribution in [3.63, 3.8) is 0 Å². The molecule has 0 atom stereocenters. The fourth-order valence-electron chi connectivity index (χ4n) is 1.82. The number of hydrogen-bond donors (Lipinski definition) is 1. The van der Waals surface area contributed by atoms with E-state index < -0.39 is 0 Å². The molecule has 0 bridgehead atoms. The van der Waals surface area contributed by atoms with Crippen LogP contribution in [0.5, 0.6) is 0 Å². The van der Waals surface area contributed by atoms with Crippen molar-refractivity contribution in [2.24, 2.45) is 7.05 Å². The molecule has 0 spiro atoms. The lowest BCUT2D eigenvalue weighted by Gasteiger charge is -2.17. The Balaban J connectivity index is 2.23. The van der Waals surface area contributed by atoms with E-state index in [2.05, 4.69) is 42.3 Å². The first-order valence-electron chi connectivity index (χ1n) is 6.09. The highest BCUT2D eigenvalue weighted by molar-refractivity contribution is 5.14. The number of aryl methyl sites for hydroxylation is 2. The fraction of sp³-hybridized carbons (Fsp3) is 0.750.